The molecule has 0 fully saturated rings. The van der Waals surface area contributed by atoms with E-state index in [4.69, 9.17) is 4.43 Å². The number of aryl methyl sites for hydroxylation is 2. The van der Waals surface area contributed by atoms with Gasteiger partial charge < -0.3 is 4.43 Å². The quantitative estimate of drug-likeness (QED) is 0.569. The first-order chi connectivity index (χ1) is 8.07. The fourth-order valence-electron chi connectivity index (χ4n) is 2.06. The van der Waals surface area contributed by atoms with E-state index in [1.54, 1.807) is 0 Å². The van der Waals surface area contributed by atoms with E-state index in [1.165, 1.54) is 11.1 Å². The normalized spacial score (nSPS) is 11.9. The van der Waals surface area contributed by atoms with Crippen molar-refractivity contribution in [3.63, 3.8) is 0 Å². The van der Waals surface area contributed by atoms with E-state index in [0.717, 1.165) is 5.56 Å². The monoisotopic (exact) mass is 260 g/mol. The number of benzene rings is 1. The zero-order chi connectivity index (χ0) is 14.0. The summed E-state index contributed by atoms with van der Waals surface area (Å²) in [6, 6.07) is 6.39. The highest BCUT2D eigenvalue weighted by molar-refractivity contribution is 6.69. The van der Waals surface area contributed by atoms with Crippen LogP contribution in [0.4, 0.5) is 0 Å². The summed E-state index contributed by atoms with van der Waals surface area (Å²) < 4.78 is 6.07. The molecule has 0 aliphatic heterocycles. The molecule has 0 amide bonds. The first-order valence-corrected chi connectivity index (χ1v) is 9.80. The molecule has 18 heavy (non-hydrogen) atoms. The summed E-state index contributed by atoms with van der Waals surface area (Å²) in [5.74, 6) is 6.49. The van der Waals surface area contributed by atoms with Gasteiger partial charge in [0.2, 0.25) is 0 Å². The lowest BCUT2D eigenvalue weighted by Gasteiger charge is -2.28. The molecule has 0 spiro atoms. The Morgan fingerprint density at radius 3 is 1.94 bits per heavy atom. The second kappa shape index (κ2) is 5.30. The molecule has 0 unspecified atom stereocenters. The Hall–Kier alpha value is -1.04. The van der Waals surface area contributed by atoms with Gasteiger partial charge in [-0.1, -0.05) is 17.9 Å². The van der Waals surface area contributed by atoms with Gasteiger partial charge in [-0.25, -0.2) is 0 Å². The zero-order valence-corrected chi connectivity index (χ0v) is 13.6. The van der Waals surface area contributed by atoms with Crippen LogP contribution in [-0.4, -0.2) is 13.9 Å². The van der Waals surface area contributed by atoms with Gasteiger partial charge in [-0.3, -0.25) is 0 Å². The van der Waals surface area contributed by atoms with E-state index in [0.29, 0.717) is 0 Å². The van der Waals surface area contributed by atoms with Crippen LogP contribution >= 0.6 is 0 Å². The van der Waals surface area contributed by atoms with Crippen LogP contribution in [0.25, 0.3) is 0 Å². The minimum atomic E-state index is -1.56. The van der Waals surface area contributed by atoms with Crippen molar-refractivity contribution >= 4 is 8.32 Å². The van der Waals surface area contributed by atoms with Crippen LogP contribution in [0.3, 0.4) is 0 Å². The molecule has 0 atom stereocenters. The van der Waals surface area contributed by atoms with Crippen molar-refractivity contribution in [3.05, 3.63) is 34.9 Å². The zero-order valence-electron chi connectivity index (χ0n) is 12.6. The highest BCUT2D eigenvalue weighted by Crippen LogP contribution is 2.17. The molecule has 1 nitrogen and oxygen atoms in total. The molecular formula is C16H24OSi. The van der Waals surface area contributed by atoms with Crippen molar-refractivity contribution in [2.75, 3.05) is 0 Å². The van der Waals surface area contributed by atoms with Gasteiger partial charge in [-0.05, 0) is 70.6 Å². The number of hydrogen-bond acceptors (Lipinski definition) is 1. The summed E-state index contributed by atoms with van der Waals surface area (Å²) in [7, 11) is -1.56. The van der Waals surface area contributed by atoms with Crippen LogP contribution in [-0.2, 0) is 4.43 Å². The Morgan fingerprint density at radius 1 is 1.00 bits per heavy atom. The number of rotatable bonds is 2. The second-order valence-corrected chi connectivity index (χ2v) is 10.8. The predicted octanol–water partition coefficient (Wildman–Crippen LogP) is 4.29. The summed E-state index contributed by atoms with van der Waals surface area (Å²) in [6.07, 6.45) is 0. The first kappa shape index (κ1) is 15.0. The fraction of sp³-hybridized carbons (Fsp3) is 0.500. The minimum absolute atomic E-state index is 0.373. The topological polar surface area (TPSA) is 9.23 Å². The predicted molar refractivity (Wildman–Crippen MR) is 81.3 cm³/mol. The van der Waals surface area contributed by atoms with Gasteiger partial charge in [-0.15, -0.1) is 0 Å². The lowest BCUT2D eigenvalue weighted by molar-refractivity contribution is 0.164. The molecule has 0 saturated carbocycles. The SMILES string of the molecule is Cc1cc(C)cc(C#CC(C)(C)O[Si](C)(C)C)c1. The Balaban J connectivity index is 2.93. The average molecular weight is 260 g/mol. The van der Waals surface area contributed by atoms with Crippen molar-refractivity contribution in [3.8, 4) is 11.8 Å². The third kappa shape index (κ3) is 5.53. The maximum atomic E-state index is 6.07. The molecule has 0 bridgehead atoms. The van der Waals surface area contributed by atoms with E-state index in [2.05, 4.69) is 63.5 Å². The Kier molecular flexibility index (Phi) is 4.42. The van der Waals surface area contributed by atoms with E-state index >= 15 is 0 Å². The summed E-state index contributed by atoms with van der Waals surface area (Å²) >= 11 is 0. The standard InChI is InChI=1S/C16H24OSi/c1-13-10-14(2)12-15(11-13)8-9-16(3,4)17-18(5,6)7/h10-12H,1-7H3. The van der Waals surface area contributed by atoms with Crippen LogP contribution in [0.2, 0.25) is 19.6 Å². The fourth-order valence-corrected chi connectivity index (χ4v) is 3.64. The van der Waals surface area contributed by atoms with E-state index in [1.807, 2.05) is 13.8 Å². The summed E-state index contributed by atoms with van der Waals surface area (Å²) in [6.45, 7) is 14.8. The highest BCUT2D eigenvalue weighted by atomic mass is 28.4. The van der Waals surface area contributed by atoms with Crippen molar-refractivity contribution in [1.82, 2.24) is 0 Å². The van der Waals surface area contributed by atoms with Gasteiger partial charge in [0, 0.05) is 5.56 Å². The van der Waals surface area contributed by atoms with Crippen LogP contribution in [0, 0.1) is 25.7 Å². The van der Waals surface area contributed by atoms with Crippen molar-refractivity contribution in [2.24, 2.45) is 0 Å². The maximum absolute atomic E-state index is 6.07. The molecule has 0 saturated heterocycles. The molecule has 1 aromatic rings. The summed E-state index contributed by atoms with van der Waals surface area (Å²) in [4.78, 5) is 0. The van der Waals surface area contributed by atoms with Crippen molar-refractivity contribution < 1.29 is 4.43 Å². The molecule has 0 heterocycles. The lowest BCUT2D eigenvalue weighted by Crippen LogP contribution is -2.37. The van der Waals surface area contributed by atoms with Gasteiger partial charge in [0.15, 0.2) is 8.32 Å². The molecule has 0 radical (unpaired) electrons. The minimum Gasteiger partial charge on any atom is -0.402 e. The Bertz CT molecular complexity index is 464. The lowest BCUT2D eigenvalue weighted by atomic mass is 10.1. The van der Waals surface area contributed by atoms with Crippen LogP contribution in [0.15, 0.2) is 18.2 Å². The largest absolute Gasteiger partial charge is 0.402 e. The van der Waals surface area contributed by atoms with Crippen LogP contribution in [0.5, 0.6) is 0 Å². The van der Waals surface area contributed by atoms with Gasteiger partial charge in [0.05, 0.1) is 0 Å². The molecule has 1 rings (SSSR count). The third-order valence-corrected chi connectivity index (χ3v) is 3.41. The molecule has 2 heteroatoms. The summed E-state index contributed by atoms with van der Waals surface area (Å²) in [5.41, 5.74) is 3.20. The second-order valence-electron chi connectivity index (χ2n) is 6.35. The molecule has 0 aliphatic rings. The molecule has 98 valence electrons. The van der Waals surface area contributed by atoms with Crippen molar-refractivity contribution in [2.45, 2.75) is 52.9 Å². The highest BCUT2D eigenvalue weighted by Gasteiger charge is 2.25. The first-order valence-electron chi connectivity index (χ1n) is 6.39. The van der Waals surface area contributed by atoms with E-state index < -0.39 is 8.32 Å². The smallest absolute Gasteiger partial charge is 0.185 e. The average Bonchev–Trinajstić information content (AvgIpc) is 2.09. The Labute approximate surface area is 113 Å². The molecule has 1 aromatic carbocycles. The van der Waals surface area contributed by atoms with Gasteiger partial charge in [0.25, 0.3) is 0 Å². The van der Waals surface area contributed by atoms with Gasteiger partial charge in [-0.2, -0.15) is 0 Å². The van der Waals surface area contributed by atoms with Crippen molar-refractivity contribution in [1.29, 1.82) is 0 Å². The molecule has 0 aliphatic carbocycles. The summed E-state index contributed by atoms with van der Waals surface area (Å²) in [5, 5.41) is 0. The van der Waals surface area contributed by atoms with Gasteiger partial charge in [0.1, 0.15) is 5.60 Å². The van der Waals surface area contributed by atoms with Gasteiger partial charge >= 0.3 is 0 Å². The molecule has 0 aromatic heterocycles. The van der Waals surface area contributed by atoms with Crippen LogP contribution < -0.4 is 0 Å². The number of hydrogen-bond donors (Lipinski definition) is 0. The Morgan fingerprint density at radius 2 is 1.50 bits per heavy atom. The van der Waals surface area contributed by atoms with Crippen LogP contribution in [0.1, 0.15) is 30.5 Å². The maximum Gasteiger partial charge on any atom is 0.185 e. The third-order valence-electron chi connectivity index (χ3n) is 2.29. The molecule has 0 N–H and O–H groups in total. The molecular weight excluding hydrogens is 236 g/mol. The van der Waals surface area contributed by atoms with E-state index in [-0.39, 0.29) is 5.60 Å². The van der Waals surface area contributed by atoms with E-state index in [9.17, 15) is 0 Å².